The van der Waals surface area contributed by atoms with Gasteiger partial charge in [0.15, 0.2) is 0 Å². The van der Waals surface area contributed by atoms with Gasteiger partial charge in [0, 0.05) is 30.3 Å². The van der Waals surface area contributed by atoms with Crippen molar-refractivity contribution < 1.29 is 5.11 Å². The molecule has 4 N–H and O–H groups in total. The maximum Gasteiger partial charge on any atom is 0.0449 e. The molecule has 0 heterocycles. The average molecular weight is 271 g/mol. The van der Waals surface area contributed by atoms with Crippen molar-refractivity contribution >= 4 is 11.6 Å². The van der Waals surface area contributed by atoms with E-state index < -0.39 is 0 Å². The molecule has 0 aliphatic heterocycles. The molecule has 18 heavy (non-hydrogen) atoms. The van der Waals surface area contributed by atoms with E-state index >= 15 is 0 Å². The van der Waals surface area contributed by atoms with Crippen molar-refractivity contribution in [2.24, 2.45) is 5.73 Å². The van der Waals surface area contributed by atoms with Crippen LogP contribution in [0.5, 0.6) is 0 Å². The second-order valence-electron chi connectivity index (χ2n) is 4.72. The van der Waals surface area contributed by atoms with Gasteiger partial charge in [-0.3, -0.25) is 0 Å². The summed E-state index contributed by atoms with van der Waals surface area (Å²) in [4.78, 5) is 0. The zero-order chi connectivity index (χ0) is 13.5. The number of nitrogens with one attached hydrogen (secondary N) is 1. The van der Waals surface area contributed by atoms with Crippen LogP contribution in [0.1, 0.15) is 36.9 Å². The van der Waals surface area contributed by atoms with E-state index in [0.29, 0.717) is 12.6 Å². The Morgan fingerprint density at radius 3 is 2.72 bits per heavy atom. The number of nitrogens with two attached hydrogens (primary N) is 1. The van der Waals surface area contributed by atoms with Crippen molar-refractivity contribution in [3.05, 3.63) is 34.3 Å². The molecule has 0 amide bonds. The third-order valence-electron chi connectivity index (χ3n) is 3.12. The number of aliphatic hydroxyl groups is 1. The number of rotatable bonds is 7. The summed E-state index contributed by atoms with van der Waals surface area (Å²) in [5.74, 6) is 0. The first-order valence-electron chi connectivity index (χ1n) is 6.41. The van der Waals surface area contributed by atoms with E-state index in [-0.39, 0.29) is 12.6 Å². The van der Waals surface area contributed by atoms with Crippen molar-refractivity contribution in [2.75, 3.05) is 13.2 Å². The Morgan fingerprint density at radius 2 is 2.17 bits per heavy atom. The molecule has 1 rings (SSSR count). The topological polar surface area (TPSA) is 58.3 Å². The second kappa shape index (κ2) is 7.74. The molecule has 1 aromatic carbocycles. The number of benzene rings is 1. The van der Waals surface area contributed by atoms with Crippen LogP contribution in [0.2, 0.25) is 5.02 Å². The zero-order valence-electron chi connectivity index (χ0n) is 11.1. The first-order valence-corrected chi connectivity index (χ1v) is 6.79. The van der Waals surface area contributed by atoms with Crippen molar-refractivity contribution in [3.8, 4) is 0 Å². The summed E-state index contributed by atoms with van der Waals surface area (Å²) in [6.45, 7) is 4.94. The van der Waals surface area contributed by atoms with Gasteiger partial charge < -0.3 is 16.2 Å². The molecule has 2 atom stereocenters. The van der Waals surface area contributed by atoms with E-state index in [4.69, 9.17) is 22.4 Å². The van der Waals surface area contributed by atoms with E-state index in [1.807, 2.05) is 25.1 Å². The van der Waals surface area contributed by atoms with Crippen LogP contribution in [0.4, 0.5) is 0 Å². The van der Waals surface area contributed by atoms with Crippen molar-refractivity contribution in [3.63, 3.8) is 0 Å². The highest BCUT2D eigenvalue weighted by atomic mass is 35.5. The molecule has 0 saturated carbocycles. The zero-order valence-corrected chi connectivity index (χ0v) is 11.9. The lowest BCUT2D eigenvalue weighted by atomic mass is 10.00. The van der Waals surface area contributed by atoms with Crippen LogP contribution in [0.25, 0.3) is 0 Å². The predicted molar refractivity (Wildman–Crippen MR) is 76.9 cm³/mol. The minimum Gasteiger partial charge on any atom is -0.396 e. The van der Waals surface area contributed by atoms with Gasteiger partial charge in [-0.05, 0) is 49.9 Å². The molecule has 0 radical (unpaired) electrons. The van der Waals surface area contributed by atoms with Gasteiger partial charge in [0.25, 0.3) is 0 Å². The standard InChI is InChI=1S/C14H23ClN2O/c1-10-8-12(15)5-6-13(10)14(9-16)17-11(2)4-3-7-18/h5-6,8,11,14,17-18H,3-4,7,9,16H2,1-2H3. The summed E-state index contributed by atoms with van der Waals surface area (Å²) in [5.41, 5.74) is 8.19. The van der Waals surface area contributed by atoms with Gasteiger partial charge in [-0.15, -0.1) is 0 Å². The fraction of sp³-hybridized carbons (Fsp3) is 0.571. The number of aryl methyl sites for hydroxylation is 1. The van der Waals surface area contributed by atoms with Gasteiger partial charge in [0.05, 0.1) is 0 Å². The maximum atomic E-state index is 8.83. The van der Waals surface area contributed by atoms with Crippen LogP contribution in [-0.4, -0.2) is 24.3 Å². The van der Waals surface area contributed by atoms with Crippen molar-refractivity contribution in [1.29, 1.82) is 0 Å². The average Bonchev–Trinajstić information content (AvgIpc) is 2.34. The minimum atomic E-state index is 0.135. The highest BCUT2D eigenvalue weighted by Crippen LogP contribution is 2.21. The third kappa shape index (κ3) is 4.58. The molecular weight excluding hydrogens is 248 g/mol. The SMILES string of the molecule is Cc1cc(Cl)ccc1C(CN)NC(C)CCCO. The number of halogens is 1. The lowest BCUT2D eigenvalue weighted by Gasteiger charge is -2.24. The minimum absolute atomic E-state index is 0.135. The number of hydrogen-bond acceptors (Lipinski definition) is 3. The molecule has 102 valence electrons. The van der Waals surface area contributed by atoms with Gasteiger partial charge >= 0.3 is 0 Å². The molecule has 0 spiro atoms. The Bertz CT molecular complexity index is 371. The van der Waals surface area contributed by atoms with Crippen LogP contribution in [-0.2, 0) is 0 Å². The summed E-state index contributed by atoms with van der Waals surface area (Å²) in [6.07, 6.45) is 1.75. The highest BCUT2D eigenvalue weighted by molar-refractivity contribution is 6.30. The molecule has 3 nitrogen and oxygen atoms in total. The van der Waals surface area contributed by atoms with Crippen LogP contribution >= 0.6 is 11.6 Å². The highest BCUT2D eigenvalue weighted by Gasteiger charge is 2.14. The third-order valence-corrected chi connectivity index (χ3v) is 3.36. The molecule has 0 aliphatic carbocycles. The molecular formula is C14H23ClN2O. The fourth-order valence-electron chi connectivity index (χ4n) is 2.14. The lowest BCUT2D eigenvalue weighted by molar-refractivity contribution is 0.274. The summed E-state index contributed by atoms with van der Waals surface area (Å²) in [6, 6.07) is 6.35. The molecule has 0 saturated heterocycles. The summed E-state index contributed by atoms with van der Waals surface area (Å²) in [5, 5.41) is 13.1. The lowest BCUT2D eigenvalue weighted by Crippen LogP contribution is -2.35. The van der Waals surface area contributed by atoms with Crippen LogP contribution in [0.15, 0.2) is 18.2 Å². The quantitative estimate of drug-likeness (QED) is 0.713. The largest absolute Gasteiger partial charge is 0.396 e. The first-order chi connectivity index (χ1) is 8.58. The van der Waals surface area contributed by atoms with Crippen LogP contribution in [0.3, 0.4) is 0 Å². The predicted octanol–water partition coefficient (Wildman–Crippen LogP) is 2.40. The maximum absolute atomic E-state index is 8.83. The van der Waals surface area contributed by atoms with Gasteiger partial charge in [-0.1, -0.05) is 17.7 Å². The monoisotopic (exact) mass is 270 g/mol. The van der Waals surface area contributed by atoms with Gasteiger partial charge in [0.2, 0.25) is 0 Å². The molecule has 0 fully saturated rings. The van der Waals surface area contributed by atoms with Gasteiger partial charge in [0.1, 0.15) is 0 Å². The summed E-state index contributed by atoms with van der Waals surface area (Å²) >= 11 is 5.96. The van der Waals surface area contributed by atoms with Crippen LogP contribution in [0, 0.1) is 6.92 Å². The molecule has 4 heteroatoms. The van der Waals surface area contributed by atoms with E-state index in [9.17, 15) is 0 Å². The van der Waals surface area contributed by atoms with Gasteiger partial charge in [-0.2, -0.15) is 0 Å². The second-order valence-corrected chi connectivity index (χ2v) is 5.16. The Hall–Kier alpha value is -0.610. The van der Waals surface area contributed by atoms with Crippen molar-refractivity contribution in [2.45, 2.75) is 38.8 Å². The molecule has 0 aliphatic rings. The van der Waals surface area contributed by atoms with Gasteiger partial charge in [-0.25, -0.2) is 0 Å². The molecule has 0 aromatic heterocycles. The molecule has 2 unspecified atom stereocenters. The van der Waals surface area contributed by atoms with Crippen molar-refractivity contribution in [1.82, 2.24) is 5.32 Å². The Balaban J connectivity index is 2.70. The normalized spacial score (nSPS) is 14.5. The number of hydrogen-bond donors (Lipinski definition) is 3. The summed E-state index contributed by atoms with van der Waals surface area (Å²) < 4.78 is 0. The van der Waals surface area contributed by atoms with E-state index in [2.05, 4.69) is 12.2 Å². The number of aliphatic hydroxyl groups excluding tert-OH is 1. The van der Waals surface area contributed by atoms with E-state index in [0.717, 1.165) is 23.4 Å². The Kier molecular flexibility index (Phi) is 6.65. The Morgan fingerprint density at radius 1 is 1.44 bits per heavy atom. The molecule has 1 aromatic rings. The summed E-state index contributed by atoms with van der Waals surface area (Å²) in [7, 11) is 0. The first kappa shape index (κ1) is 15.4. The smallest absolute Gasteiger partial charge is 0.0449 e. The molecule has 0 bridgehead atoms. The fourth-order valence-corrected chi connectivity index (χ4v) is 2.37. The van der Waals surface area contributed by atoms with Crippen LogP contribution < -0.4 is 11.1 Å². The van der Waals surface area contributed by atoms with E-state index in [1.54, 1.807) is 0 Å². The van der Waals surface area contributed by atoms with E-state index in [1.165, 1.54) is 5.56 Å². The Labute approximate surface area is 114 Å².